The van der Waals surface area contributed by atoms with Crippen LogP contribution in [-0.4, -0.2) is 20.7 Å². The van der Waals surface area contributed by atoms with Gasteiger partial charge in [0.25, 0.3) is 6.43 Å². The number of anilines is 2. The zero-order valence-corrected chi connectivity index (χ0v) is 20.8. The average molecular weight is 477 g/mol. The number of benzene rings is 2. The fourth-order valence-electron chi connectivity index (χ4n) is 5.24. The van der Waals surface area contributed by atoms with E-state index in [1.807, 2.05) is 31.2 Å². The largest absolute Gasteiger partial charge is 0.341 e. The van der Waals surface area contributed by atoms with Crippen molar-refractivity contribution < 1.29 is 8.78 Å². The summed E-state index contributed by atoms with van der Waals surface area (Å²) in [4.78, 5) is 19.1. The summed E-state index contributed by atoms with van der Waals surface area (Å²) in [5, 5.41) is 0. The number of fused-ring (bicyclic) bond motifs is 2. The predicted octanol–water partition coefficient (Wildman–Crippen LogP) is 6.39. The van der Waals surface area contributed by atoms with Gasteiger partial charge in [-0.25, -0.2) is 13.6 Å². The molecule has 4 aromatic rings. The summed E-state index contributed by atoms with van der Waals surface area (Å²) in [6.45, 7) is 6.83. The zero-order chi connectivity index (χ0) is 25.0. The van der Waals surface area contributed by atoms with Crippen molar-refractivity contribution in [2.45, 2.75) is 46.0 Å². The van der Waals surface area contributed by atoms with E-state index in [1.165, 1.54) is 0 Å². The first-order valence-electron chi connectivity index (χ1n) is 12.0. The Balaban J connectivity index is 1.71. The second-order valence-corrected chi connectivity index (χ2v) is 9.77. The molecule has 3 heterocycles. The zero-order valence-electron chi connectivity index (χ0n) is 20.8. The molecule has 5 nitrogen and oxygen atoms in total. The lowest BCUT2D eigenvalue weighted by Gasteiger charge is -2.33. The van der Waals surface area contributed by atoms with Crippen LogP contribution in [-0.2, 0) is 20.5 Å². The third-order valence-electron chi connectivity index (χ3n) is 7.14. The fraction of sp³-hybridized carbons (Fsp3) is 0.357. The van der Waals surface area contributed by atoms with Crippen LogP contribution in [0.4, 0.5) is 20.2 Å². The Morgan fingerprint density at radius 3 is 2.43 bits per heavy atom. The van der Waals surface area contributed by atoms with Gasteiger partial charge in [-0.3, -0.25) is 14.1 Å². The molecular weight excluding hydrogens is 446 g/mol. The minimum atomic E-state index is -2.61. The molecular formula is C28H30F2N4O. The van der Waals surface area contributed by atoms with Gasteiger partial charge in [0.05, 0.1) is 11.0 Å². The van der Waals surface area contributed by atoms with Gasteiger partial charge in [-0.2, -0.15) is 0 Å². The molecule has 0 radical (unpaired) electrons. The van der Waals surface area contributed by atoms with E-state index >= 15 is 0 Å². The van der Waals surface area contributed by atoms with Gasteiger partial charge in [-0.1, -0.05) is 19.9 Å². The number of aromatic nitrogens is 3. The van der Waals surface area contributed by atoms with Crippen molar-refractivity contribution >= 4 is 22.4 Å². The van der Waals surface area contributed by atoms with Crippen LogP contribution in [0.25, 0.3) is 22.2 Å². The minimum Gasteiger partial charge on any atom is -0.341 e. The Hall–Kier alpha value is -3.48. The topological polar surface area (TPSA) is 43.1 Å². The molecule has 5 rings (SSSR count). The van der Waals surface area contributed by atoms with Gasteiger partial charge in [0.1, 0.15) is 0 Å². The van der Waals surface area contributed by atoms with Gasteiger partial charge in [0, 0.05) is 55.0 Å². The third-order valence-corrected chi connectivity index (χ3v) is 7.14. The van der Waals surface area contributed by atoms with Crippen molar-refractivity contribution in [2.75, 3.05) is 11.4 Å². The Labute approximate surface area is 203 Å². The highest BCUT2D eigenvalue weighted by Crippen LogP contribution is 2.42. The quantitative estimate of drug-likeness (QED) is 0.343. The summed E-state index contributed by atoms with van der Waals surface area (Å²) in [6.07, 6.45) is 0.798. The number of aryl methyl sites for hydroxylation is 4. The highest BCUT2D eigenvalue weighted by atomic mass is 19.3. The molecule has 35 heavy (non-hydrogen) atoms. The summed E-state index contributed by atoms with van der Waals surface area (Å²) < 4.78 is 31.9. The van der Waals surface area contributed by atoms with Gasteiger partial charge in [-0.15, -0.1) is 0 Å². The number of hydrogen-bond acceptors (Lipinski definition) is 3. The van der Waals surface area contributed by atoms with Crippen LogP contribution >= 0.6 is 0 Å². The molecule has 0 saturated heterocycles. The van der Waals surface area contributed by atoms with E-state index in [-0.39, 0.29) is 17.2 Å². The second-order valence-electron chi connectivity index (χ2n) is 9.77. The molecule has 0 unspecified atom stereocenters. The molecule has 1 aliphatic heterocycles. The molecule has 2 aromatic carbocycles. The number of pyridine rings is 1. The Morgan fingerprint density at radius 2 is 1.77 bits per heavy atom. The number of halogens is 2. The lowest BCUT2D eigenvalue weighted by molar-refractivity contribution is 0.152. The van der Waals surface area contributed by atoms with Crippen LogP contribution in [0.2, 0.25) is 0 Å². The summed E-state index contributed by atoms with van der Waals surface area (Å²) in [6, 6.07) is 11.4. The summed E-state index contributed by atoms with van der Waals surface area (Å²) >= 11 is 0. The van der Waals surface area contributed by atoms with E-state index in [1.54, 1.807) is 35.5 Å². The standard InChI is InChI=1S/C28H30F2N4O/c1-16(2)21-12-20(13-25-26(21)33(5)28(35)32(25)4)34-10-6-7-18-11-22(19-9-8-17(3)31-15-19)23(27(29)30)14-24(18)34/h8-9,11-16,27H,6-7,10H2,1-5H3. The minimum absolute atomic E-state index is 0.0126. The molecule has 0 atom stereocenters. The molecule has 1 aliphatic rings. The van der Waals surface area contributed by atoms with Gasteiger partial charge >= 0.3 is 5.69 Å². The molecule has 0 spiro atoms. The summed E-state index contributed by atoms with van der Waals surface area (Å²) in [5.74, 6) is 0.197. The van der Waals surface area contributed by atoms with Crippen molar-refractivity contribution in [3.63, 3.8) is 0 Å². The van der Waals surface area contributed by atoms with Crippen LogP contribution < -0.4 is 10.6 Å². The first-order chi connectivity index (χ1) is 16.7. The highest BCUT2D eigenvalue weighted by Gasteiger charge is 2.26. The Morgan fingerprint density at radius 1 is 1.00 bits per heavy atom. The van der Waals surface area contributed by atoms with Gasteiger partial charge < -0.3 is 4.90 Å². The van der Waals surface area contributed by atoms with E-state index in [2.05, 4.69) is 29.8 Å². The molecule has 7 heteroatoms. The molecule has 0 aliphatic carbocycles. The second kappa shape index (κ2) is 8.63. The van der Waals surface area contributed by atoms with Crippen LogP contribution in [0, 0.1) is 6.92 Å². The molecule has 0 bridgehead atoms. The van der Waals surface area contributed by atoms with Crippen LogP contribution in [0.1, 0.15) is 55.0 Å². The first kappa shape index (κ1) is 23.3. The van der Waals surface area contributed by atoms with Gasteiger partial charge in [0.15, 0.2) is 0 Å². The normalized spacial score (nSPS) is 13.8. The fourth-order valence-corrected chi connectivity index (χ4v) is 5.24. The van der Waals surface area contributed by atoms with Crippen LogP contribution in [0.15, 0.2) is 47.4 Å². The lowest BCUT2D eigenvalue weighted by Crippen LogP contribution is -2.25. The third kappa shape index (κ3) is 3.83. The molecule has 0 fully saturated rings. The Kier molecular flexibility index (Phi) is 5.74. The maximum atomic E-state index is 14.3. The van der Waals surface area contributed by atoms with Gasteiger partial charge in [0.2, 0.25) is 0 Å². The first-order valence-corrected chi connectivity index (χ1v) is 12.0. The van der Waals surface area contributed by atoms with Crippen molar-refractivity contribution in [3.8, 4) is 11.1 Å². The van der Waals surface area contributed by atoms with E-state index < -0.39 is 6.43 Å². The summed E-state index contributed by atoms with van der Waals surface area (Å²) in [5.41, 5.74) is 7.65. The van der Waals surface area contributed by atoms with E-state index in [0.29, 0.717) is 11.1 Å². The van der Waals surface area contributed by atoms with Crippen molar-refractivity contribution in [2.24, 2.45) is 14.1 Å². The molecule has 0 saturated carbocycles. The Bertz CT molecular complexity index is 1480. The molecule has 0 N–H and O–H groups in total. The predicted molar refractivity (Wildman–Crippen MR) is 137 cm³/mol. The number of alkyl halides is 2. The molecule has 2 aromatic heterocycles. The maximum absolute atomic E-state index is 14.3. The number of hydrogen-bond donors (Lipinski definition) is 0. The van der Waals surface area contributed by atoms with E-state index in [0.717, 1.165) is 58.6 Å². The van der Waals surface area contributed by atoms with Gasteiger partial charge in [-0.05, 0) is 72.7 Å². The monoisotopic (exact) mass is 476 g/mol. The lowest BCUT2D eigenvalue weighted by atomic mass is 9.91. The van der Waals surface area contributed by atoms with Crippen molar-refractivity contribution in [3.05, 3.63) is 75.5 Å². The van der Waals surface area contributed by atoms with E-state index in [9.17, 15) is 13.6 Å². The maximum Gasteiger partial charge on any atom is 0.328 e. The van der Waals surface area contributed by atoms with Crippen molar-refractivity contribution in [1.82, 2.24) is 14.1 Å². The summed E-state index contributed by atoms with van der Waals surface area (Å²) in [7, 11) is 3.57. The average Bonchev–Trinajstić information content (AvgIpc) is 3.06. The SMILES string of the molecule is Cc1ccc(-c2cc3c(cc2C(F)F)N(c2cc(C(C)C)c4c(c2)n(C)c(=O)n4C)CCC3)cn1. The highest BCUT2D eigenvalue weighted by molar-refractivity contribution is 5.87. The van der Waals surface area contributed by atoms with Crippen LogP contribution in [0.5, 0.6) is 0 Å². The number of rotatable bonds is 4. The van der Waals surface area contributed by atoms with Crippen molar-refractivity contribution in [1.29, 1.82) is 0 Å². The molecule has 182 valence electrons. The number of imidazole rings is 1. The number of nitrogens with zero attached hydrogens (tertiary/aromatic N) is 4. The van der Waals surface area contributed by atoms with Crippen LogP contribution in [0.3, 0.4) is 0 Å². The smallest absolute Gasteiger partial charge is 0.328 e. The molecule has 0 amide bonds. The van der Waals surface area contributed by atoms with E-state index in [4.69, 9.17) is 0 Å².